The molecule has 2 aliphatic carbocycles. The van der Waals surface area contributed by atoms with E-state index in [9.17, 15) is 4.79 Å². The van der Waals surface area contributed by atoms with Gasteiger partial charge in [-0.1, -0.05) is 11.6 Å². The molecule has 3 rings (SSSR count). The molecule has 2 aliphatic rings. The van der Waals surface area contributed by atoms with Crippen LogP contribution in [0.15, 0.2) is 12.1 Å². The largest absolute Gasteiger partial charge is 0.293 e. The first-order valence-electron chi connectivity index (χ1n) is 4.92. The number of rotatable bonds is 0. The van der Waals surface area contributed by atoms with E-state index in [1.54, 1.807) is 6.07 Å². The minimum atomic E-state index is 0.00249. The Labute approximate surface area is 87.3 Å². The van der Waals surface area contributed by atoms with E-state index < -0.39 is 0 Å². The van der Waals surface area contributed by atoms with Crippen LogP contribution < -0.4 is 0 Å². The Morgan fingerprint density at radius 2 is 2.07 bits per heavy atom. The molecule has 0 bridgehead atoms. The SMILES string of the molecule is O=C1c2ccc(Cl)nc2CCC12CC2. The zero-order valence-electron chi connectivity index (χ0n) is 7.72. The minimum Gasteiger partial charge on any atom is -0.293 e. The van der Waals surface area contributed by atoms with Crippen molar-refractivity contribution in [2.75, 3.05) is 0 Å². The fourth-order valence-corrected chi connectivity index (χ4v) is 2.42. The summed E-state index contributed by atoms with van der Waals surface area (Å²) in [6, 6.07) is 3.53. The molecule has 0 amide bonds. The van der Waals surface area contributed by atoms with Gasteiger partial charge < -0.3 is 0 Å². The van der Waals surface area contributed by atoms with Crippen molar-refractivity contribution < 1.29 is 4.79 Å². The van der Waals surface area contributed by atoms with Gasteiger partial charge in [0.25, 0.3) is 0 Å². The molecular weight excluding hydrogens is 198 g/mol. The van der Waals surface area contributed by atoms with Crippen LogP contribution in [0.5, 0.6) is 0 Å². The summed E-state index contributed by atoms with van der Waals surface area (Å²) in [7, 11) is 0. The molecule has 0 aliphatic heterocycles. The topological polar surface area (TPSA) is 30.0 Å². The molecule has 1 aromatic rings. The van der Waals surface area contributed by atoms with Crippen molar-refractivity contribution in [2.24, 2.45) is 5.41 Å². The summed E-state index contributed by atoms with van der Waals surface area (Å²) in [6.07, 6.45) is 4.00. The van der Waals surface area contributed by atoms with Gasteiger partial charge in [0, 0.05) is 11.0 Å². The fourth-order valence-electron chi connectivity index (χ4n) is 2.26. The highest BCUT2D eigenvalue weighted by Crippen LogP contribution is 2.54. The lowest BCUT2D eigenvalue weighted by Gasteiger charge is -2.21. The Balaban J connectivity index is 2.12. The zero-order valence-corrected chi connectivity index (χ0v) is 8.47. The molecule has 0 unspecified atom stereocenters. The van der Waals surface area contributed by atoms with Crippen molar-refractivity contribution in [1.29, 1.82) is 0 Å². The first-order chi connectivity index (χ1) is 6.71. The van der Waals surface area contributed by atoms with Crippen LogP contribution in [0.1, 0.15) is 35.3 Å². The second kappa shape index (κ2) is 2.57. The van der Waals surface area contributed by atoms with Crippen molar-refractivity contribution in [1.82, 2.24) is 4.98 Å². The lowest BCUT2D eigenvalue weighted by molar-refractivity contribution is 0.0879. The number of halogens is 1. The van der Waals surface area contributed by atoms with Crippen molar-refractivity contribution in [3.05, 3.63) is 28.5 Å². The Morgan fingerprint density at radius 1 is 1.29 bits per heavy atom. The predicted molar refractivity (Wildman–Crippen MR) is 53.6 cm³/mol. The predicted octanol–water partition coefficient (Wildman–Crippen LogP) is 2.64. The minimum absolute atomic E-state index is 0.00249. The highest BCUT2D eigenvalue weighted by Gasteiger charge is 2.51. The van der Waals surface area contributed by atoms with Gasteiger partial charge in [0.1, 0.15) is 5.15 Å². The molecule has 1 spiro atoms. The summed E-state index contributed by atoms with van der Waals surface area (Å²) in [5.41, 5.74) is 1.70. The van der Waals surface area contributed by atoms with Gasteiger partial charge in [0.15, 0.2) is 5.78 Å². The molecule has 0 N–H and O–H groups in total. The standard InChI is InChI=1S/C11H10ClNO/c12-9-2-1-7-8(13-9)3-4-11(5-6-11)10(7)14/h1-2H,3-6H2. The second-order valence-corrected chi connectivity index (χ2v) is 4.62. The number of carbonyl (C=O) groups is 1. The number of hydrogen-bond acceptors (Lipinski definition) is 2. The lowest BCUT2D eigenvalue weighted by Crippen LogP contribution is -2.24. The van der Waals surface area contributed by atoms with E-state index >= 15 is 0 Å². The zero-order chi connectivity index (χ0) is 9.76. The van der Waals surface area contributed by atoms with Gasteiger partial charge in [0.2, 0.25) is 0 Å². The molecule has 0 aromatic carbocycles. The highest BCUT2D eigenvalue weighted by atomic mass is 35.5. The second-order valence-electron chi connectivity index (χ2n) is 4.24. The summed E-state index contributed by atoms with van der Waals surface area (Å²) in [5.74, 6) is 0.294. The van der Waals surface area contributed by atoms with Gasteiger partial charge in [-0.05, 0) is 37.8 Å². The highest BCUT2D eigenvalue weighted by molar-refractivity contribution is 6.29. The average Bonchev–Trinajstić information content (AvgIpc) is 2.93. The number of ketones is 1. The van der Waals surface area contributed by atoms with E-state index in [4.69, 9.17) is 11.6 Å². The monoisotopic (exact) mass is 207 g/mol. The molecule has 1 fully saturated rings. The van der Waals surface area contributed by atoms with Crippen LogP contribution in [0, 0.1) is 5.41 Å². The molecule has 1 heterocycles. The smallest absolute Gasteiger partial charge is 0.170 e. The molecular formula is C11H10ClNO. The quantitative estimate of drug-likeness (QED) is 0.613. The number of aryl methyl sites for hydroxylation is 1. The molecule has 0 radical (unpaired) electrons. The van der Waals surface area contributed by atoms with Gasteiger partial charge >= 0.3 is 0 Å². The van der Waals surface area contributed by atoms with Crippen LogP contribution >= 0.6 is 11.6 Å². The summed E-state index contributed by atoms with van der Waals surface area (Å²) in [6.45, 7) is 0. The number of carbonyl (C=O) groups excluding carboxylic acids is 1. The van der Waals surface area contributed by atoms with Crippen molar-refractivity contribution in [3.63, 3.8) is 0 Å². The maximum absolute atomic E-state index is 12.0. The molecule has 0 atom stereocenters. The van der Waals surface area contributed by atoms with Crippen LogP contribution in [0.4, 0.5) is 0 Å². The van der Waals surface area contributed by atoms with Crippen molar-refractivity contribution in [2.45, 2.75) is 25.7 Å². The number of nitrogens with zero attached hydrogens (tertiary/aromatic N) is 1. The first-order valence-corrected chi connectivity index (χ1v) is 5.29. The summed E-state index contributed by atoms with van der Waals surface area (Å²) >= 11 is 5.79. The van der Waals surface area contributed by atoms with Crippen LogP contribution in [-0.2, 0) is 6.42 Å². The third-order valence-electron chi connectivity index (χ3n) is 3.36. The van der Waals surface area contributed by atoms with Crippen molar-refractivity contribution >= 4 is 17.4 Å². The lowest BCUT2D eigenvalue weighted by atomic mass is 9.83. The van der Waals surface area contributed by atoms with E-state index in [0.29, 0.717) is 10.9 Å². The molecule has 1 aromatic heterocycles. The number of pyridine rings is 1. The number of Topliss-reactive ketones (excluding diaryl/α,β-unsaturated/α-hetero) is 1. The van der Waals surface area contributed by atoms with E-state index in [-0.39, 0.29) is 5.41 Å². The molecule has 2 nitrogen and oxygen atoms in total. The summed E-state index contributed by atoms with van der Waals surface area (Å²) in [4.78, 5) is 16.2. The third-order valence-corrected chi connectivity index (χ3v) is 3.57. The van der Waals surface area contributed by atoms with Crippen LogP contribution in [0.2, 0.25) is 5.15 Å². The fraction of sp³-hybridized carbons (Fsp3) is 0.455. The van der Waals surface area contributed by atoms with Crippen LogP contribution in [0.25, 0.3) is 0 Å². The van der Waals surface area contributed by atoms with Gasteiger partial charge in [0.05, 0.1) is 5.69 Å². The molecule has 72 valence electrons. The molecule has 0 saturated heterocycles. The normalized spacial score (nSPS) is 22.2. The van der Waals surface area contributed by atoms with Crippen LogP contribution in [0.3, 0.4) is 0 Å². The molecule has 14 heavy (non-hydrogen) atoms. The Bertz CT molecular complexity index is 423. The van der Waals surface area contributed by atoms with E-state index in [0.717, 1.165) is 36.9 Å². The van der Waals surface area contributed by atoms with Crippen LogP contribution in [-0.4, -0.2) is 10.8 Å². The Hall–Kier alpha value is -0.890. The van der Waals surface area contributed by atoms with Gasteiger partial charge in [-0.3, -0.25) is 4.79 Å². The summed E-state index contributed by atoms with van der Waals surface area (Å²) in [5, 5.41) is 0.489. The molecule has 1 saturated carbocycles. The Kier molecular flexibility index (Phi) is 1.55. The maximum atomic E-state index is 12.0. The average molecular weight is 208 g/mol. The third kappa shape index (κ3) is 1.04. The number of hydrogen-bond donors (Lipinski definition) is 0. The van der Waals surface area contributed by atoms with Crippen molar-refractivity contribution in [3.8, 4) is 0 Å². The van der Waals surface area contributed by atoms with E-state index in [1.807, 2.05) is 6.07 Å². The Morgan fingerprint density at radius 3 is 2.79 bits per heavy atom. The van der Waals surface area contributed by atoms with E-state index in [2.05, 4.69) is 4.98 Å². The molecule has 3 heteroatoms. The summed E-state index contributed by atoms with van der Waals surface area (Å²) < 4.78 is 0. The maximum Gasteiger partial charge on any atom is 0.170 e. The number of fused-ring (bicyclic) bond motifs is 1. The van der Waals surface area contributed by atoms with Gasteiger partial charge in [-0.2, -0.15) is 0 Å². The van der Waals surface area contributed by atoms with E-state index in [1.165, 1.54) is 0 Å². The van der Waals surface area contributed by atoms with Gasteiger partial charge in [-0.25, -0.2) is 4.98 Å². The van der Waals surface area contributed by atoms with Gasteiger partial charge in [-0.15, -0.1) is 0 Å². The first kappa shape index (κ1) is 8.42. The number of aromatic nitrogens is 1.